The number of nitrogens with zero attached hydrogens (tertiary/aromatic N) is 3. The Morgan fingerprint density at radius 1 is 1.39 bits per heavy atom. The standard InChI is InChI=1S/C13H19N3O2/c1-18-9-7-15(6-8-17)11-12-10-14-13-4-2-3-5-16(12)13/h2-5,10,17H,6-9,11H2,1H3. The summed E-state index contributed by atoms with van der Waals surface area (Å²) >= 11 is 0. The number of ether oxygens (including phenoxy) is 1. The molecule has 98 valence electrons. The summed E-state index contributed by atoms with van der Waals surface area (Å²) in [6, 6.07) is 5.95. The molecule has 0 radical (unpaired) electrons. The first-order chi connectivity index (χ1) is 8.85. The second-order valence-electron chi connectivity index (χ2n) is 4.17. The highest BCUT2D eigenvalue weighted by molar-refractivity contribution is 5.39. The number of aliphatic hydroxyl groups excluding tert-OH is 1. The number of hydrogen-bond donors (Lipinski definition) is 1. The van der Waals surface area contributed by atoms with E-state index in [0.29, 0.717) is 13.2 Å². The maximum absolute atomic E-state index is 9.07. The Kier molecular flexibility index (Phi) is 4.69. The van der Waals surface area contributed by atoms with Crippen LogP contribution in [0.1, 0.15) is 5.69 Å². The number of aromatic nitrogens is 2. The van der Waals surface area contributed by atoms with Crippen molar-refractivity contribution < 1.29 is 9.84 Å². The normalized spacial score (nSPS) is 11.5. The van der Waals surface area contributed by atoms with E-state index in [1.54, 1.807) is 7.11 Å². The highest BCUT2D eigenvalue weighted by Gasteiger charge is 2.08. The van der Waals surface area contributed by atoms with Gasteiger partial charge in [0.05, 0.1) is 25.1 Å². The summed E-state index contributed by atoms with van der Waals surface area (Å²) in [5, 5.41) is 9.07. The van der Waals surface area contributed by atoms with Gasteiger partial charge in [-0.2, -0.15) is 0 Å². The van der Waals surface area contributed by atoms with Crippen molar-refractivity contribution in [3.8, 4) is 0 Å². The molecule has 2 heterocycles. The number of imidazole rings is 1. The molecule has 18 heavy (non-hydrogen) atoms. The van der Waals surface area contributed by atoms with Gasteiger partial charge in [-0.1, -0.05) is 6.07 Å². The Bertz CT molecular complexity index is 484. The van der Waals surface area contributed by atoms with Crippen molar-refractivity contribution in [2.75, 3.05) is 33.4 Å². The lowest BCUT2D eigenvalue weighted by molar-refractivity contribution is 0.126. The molecule has 2 aromatic heterocycles. The maximum atomic E-state index is 9.07. The van der Waals surface area contributed by atoms with Gasteiger partial charge in [0, 0.05) is 32.9 Å². The molecule has 0 saturated heterocycles. The highest BCUT2D eigenvalue weighted by Crippen LogP contribution is 2.08. The van der Waals surface area contributed by atoms with E-state index < -0.39 is 0 Å². The molecule has 0 amide bonds. The Hall–Kier alpha value is -1.43. The third kappa shape index (κ3) is 3.07. The van der Waals surface area contributed by atoms with Crippen LogP contribution < -0.4 is 0 Å². The number of methoxy groups -OCH3 is 1. The van der Waals surface area contributed by atoms with Crippen LogP contribution in [0.15, 0.2) is 30.6 Å². The average Bonchev–Trinajstić information content (AvgIpc) is 2.80. The maximum Gasteiger partial charge on any atom is 0.136 e. The van der Waals surface area contributed by atoms with Crippen LogP contribution in [0.2, 0.25) is 0 Å². The van der Waals surface area contributed by atoms with Crippen LogP contribution in [0.5, 0.6) is 0 Å². The molecule has 0 aromatic carbocycles. The van der Waals surface area contributed by atoms with Crippen LogP contribution in [0.25, 0.3) is 5.65 Å². The fraction of sp³-hybridized carbons (Fsp3) is 0.462. The van der Waals surface area contributed by atoms with Gasteiger partial charge >= 0.3 is 0 Å². The smallest absolute Gasteiger partial charge is 0.136 e. The van der Waals surface area contributed by atoms with Crippen molar-refractivity contribution in [1.29, 1.82) is 0 Å². The third-order valence-electron chi connectivity index (χ3n) is 2.91. The summed E-state index contributed by atoms with van der Waals surface area (Å²) < 4.78 is 7.15. The predicted molar refractivity (Wildman–Crippen MR) is 69.4 cm³/mol. The van der Waals surface area contributed by atoms with Crippen LogP contribution in [0.3, 0.4) is 0 Å². The van der Waals surface area contributed by atoms with Gasteiger partial charge in [0.2, 0.25) is 0 Å². The molecule has 0 fully saturated rings. The summed E-state index contributed by atoms with van der Waals surface area (Å²) in [4.78, 5) is 6.51. The van der Waals surface area contributed by atoms with Crippen molar-refractivity contribution in [2.45, 2.75) is 6.54 Å². The van der Waals surface area contributed by atoms with Gasteiger partial charge in [0.15, 0.2) is 0 Å². The molecule has 0 spiro atoms. The molecule has 2 rings (SSSR count). The zero-order chi connectivity index (χ0) is 12.8. The lowest BCUT2D eigenvalue weighted by Crippen LogP contribution is -2.30. The summed E-state index contributed by atoms with van der Waals surface area (Å²) in [6.07, 6.45) is 3.89. The van der Waals surface area contributed by atoms with E-state index in [1.165, 1.54) is 0 Å². The minimum absolute atomic E-state index is 0.153. The number of aliphatic hydroxyl groups is 1. The van der Waals surface area contributed by atoms with Gasteiger partial charge in [-0.15, -0.1) is 0 Å². The van der Waals surface area contributed by atoms with E-state index in [4.69, 9.17) is 9.84 Å². The van der Waals surface area contributed by atoms with E-state index in [9.17, 15) is 0 Å². The molecule has 2 aromatic rings. The number of fused-ring (bicyclic) bond motifs is 1. The lowest BCUT2D eigenvalue weighted by Gasteiger charge is -2.20. The molecule has 1 N–H and O–H groups in total. The largest absolute Gasteiger partial charge is 0.395 e. The number of hydrogen-bond acceptors (Lipinski definition) is 4. The second-order valence-corrected chi connectivity index (χ2v) is 4.17. The number of pyridine rings is 1. The van der Waals surface area contributed by atoms with Gasteiger partial charge in [-0.3, -0.25) is 4.90 Å². The SMILES string of the molecule is COCCN(CCO)Cc1cnc2ccccn12. The van der Waals surface area contributed by atoms with Crippen LogP contribution in [-0.2, 0) is 11.3 Å². The molecule has 0 aliphatic rings. The topological polar surface area (TPSA) is 50.0 Å². The van der Waals surface area contributed by atoms with Gasteiger partial charge < -0.3 is 14.2 Å². The van der Waals surface area contributed by atoms with Crippen molar-refractivity contribution >= 4 is 5.65 Å². The molecule has 5 heteroatoms. The van der Waals surface area contributed by atoms with Crippen molar-refractivity contribution in [2.24, 2.45) is 0 Å². The molecule has 0 aliphatic heterocycles. The Labute approximate surface area is 107 Å². The molecule has 0 saturated carbocycles. The molecule has 0 unspecified atom stereocenters. The Morgan fingerprint density at radius 3 is 3.06 bits per heavy atom. The molecule has 0 bridgehead atoms. The van der Waals surface area contributed by atoms with E-state index in [-0.39, 0.29) is 6.61 Å². The van der Waals surface area contributed by atoms with Crippen LogP contribution in [0.4, 0.5) is 0 Å². The fourth-order valence-corrected chi connectivity index (χ4v) is 1.96. The molecule has 0 atom stereocenters. The first-order valence-corrected chi connectivity index (χ1v) is 6.08. The van der Waals surface area contributed by atoms with E-state index >= 15 is 0 Å². The summed E-state index contributed by atoms with van der Waals surface area (Å²) in [7, 11) is 1.69. The minimum atomic E-state index is 0.153. The van der Waals surface area contributed by atoms with Crippen molar-refractivity contribution in [1.82, 2.24) is 14.3 Å². The summed E-state index contributed by atoms with van der Waals surface area (Å²) in [5.41, 5.74) is 2.07. The monoisotopic (exact) mass is 249 g/mol. The van der Waals surface area contributed by atoms with Crippen LogP contribution >= 0.6 is 0 Å². The first kappa shape index (κ1) is 13.0. The van der Waals surface area contributed by atoms with Crippen molar-refractivity contribution in [3.63, 3.8) is 0 Å². The van der Waals surface area contributed by atoms with Crippen LogP contribution in [-0.4, -0.2) is 52.8 Å². The van der Waals surface area contributed by atoms with Gasteiger partial charge in [-0.05, 0) is 12.1 Å². The average molecular weight is 249 g/mol. The molecular formula is C13H19N3O2. The van der Waals surface area contributed by atoms with Crippen molar-refractivity contribution in [3.05, 3.63) is 36.3 Å². The first-order valence-electron chi connectivity index (χ1n) is 6.08. The van der Waals surface area contributed by atoms with E-state index in [0.717, 1.165) is 24.4 Å². The lowest BCUT2D eigenvalue weighted by atomic mass is 10.3. The Balaban J connectivity index is 2.10. The van der Waals surface area contributed by atoms with Gasteiger partial charge in [-0.25, -0.2) is 4.98 Å². The quantitative estimate of drug-likeness (QED) is 0.787. The van der Waals surface area contributed by atoms with E-state index in [1.807, 2.05) is 30.6 Å². The zero-order valence-corrected chi connectivity index (χ0v) is 10.6. The zero-order valence-electron chi connectivity index (χ0n) is 10.6. The van der Waals surface area contributed by atoms with Gasteiger partial charge in [0.1, 0.15) is 5.65 Å². The molecular weight excluding hydrogens is 230 g/mol. The second kappa shape index (κ2) is 6.49. The predicted octanol–water partition coefficient (Wildman–Crippen LogP) is 0.775. The van der Waals surface area contributed by atoms with E-state index in [2.05, 4.69) is 14.3 Å². The molecule has 5 nitrogen and oxygen atoms in total. The minimum Gasteiger partial charge on any atom is -0.395 e. The van der Waals surface area contributed by atoms with Gasteiger partial charge in [0.25, 0.3) is 0 Å². The summed E-state index contributed by atoms with van der Waals surface area (Å²) in [6.45, 7) is 3.02. The summed E-state index contributed by atoms with van der Waals surface area (Å²) in [5.74, 6) is 0. The highest BCUT2D eigenvalue weighted by atomic mass is 16.5. The third-order valence-corrected chi connectivity index (χ3v) is 2.91. The number of rotatable bonds is 7. The Morgan fingerprint density at radius 2 is 2.28 bits per heavy atom. The molecule has 0 aliphatic carbocycles. The van der Waals surface area contributed by atoms with Crippen LogP contribution in [0, 0.1) is 0 Å². The fourth-order valence-electron chi connectivity index (χ4n) is 1.96.